The summed E-state index contributed by atoms with van der Waals surface area (Å²) in [5, 5.41) is 0. The third-order valence-electron chi connectivity index (χ3n) is 10.8. The summed E-state index contributed by atoms with van der Waals surface area (Å²) in [7, 11) is 0. The van der Waals surface area contributed by atoms with Gasteiger partial charge in [-0.15, -0.1) is 22.1 Å². The maximum atomic E-state index is 5.40. The van der Waals surface area contributed by atoms with Gasteiger partial charge in [0.1, 0.15) is 0 Å². The molecular weight excluding hydrogens is 765 g/mol. The Kier molecular flexibility index (Phi) is 11.4. The standard InChI is InChI=1S/C53H43N5.Ni/c1-35(2)58(36(3)4)34-14-15-37-22-24-41(25-23-37)53-48-32-30-46(56-48)51(39-18-10-6-11-19-39)44-28-26-42(54-44)50(38-16-8-5-9-17-38)43-27-29-45(55-43)52(40-20-12-7-13-21-40)47-31-33-49(53)57-47;/h5-13,16-33,35-36H,34H2,1-4H3;/q-2;+2. The van der Waals surface area contributed by atoms with Gasteiger partial charge in [0.2, 0.25) is 0 Å². The third kappa shape index (κ3) is 8.01. The van der Waals surface area contributed by atoms with Crippen molar-refractivity contribution in [1.29, 1.82) is 0 Å². The zero-order valence-corrected chi connectivity index (χ0v) is 34.5. The van der Waals surface area contributed by atoms with Crippen LogP contribution in [0, 0.1) is 11.8 Å². The Labute approximate surface area is 356 Å². The van der Waals surface area contributed by atoms with Crippen LogP contribution in [0.4, 0.5) is 0 Å². The largest absolute Gasteiger partial charge is 2.00 e. The van der Waals surface area contributed by atoms with Crippen LogP contribution < -0.4 is 9.97 Å². The van der Waals surface area contributed by atoms with Gasteiger partial charge in [0.05, 0.1) is 29.3 Å². The second kappa shape index (κ2) is 17.2. The molecule has 290 valence electrons. The molecule has 0 saturated heterocycles. The van der Waals surface area contributed by atoms with Crippen LogP contribution in [0.5, 0.6) is 0 Å². The number of fused-ring (bicyclic) bond motifs is 8. The molecule has 5 heterocycles. The minimum Gasteiger partial charge on any atom is -0.657 e. The Balaban J connectivity index is 0.00000484. The molecule has 0 fully saturated rings. The second-order valence-corrected chi connectivity index (χ2v) is 15.2. The van der Waals surface area contributed by atoms with Crippen LogP contribution in [-0.2, 0) is 16.5 Å². The number of benzene rings is 4. The molecule has 59 heavy (non-hydrogen) atoms. The fourth-order valence-electron chi connectivity index (χ4n) is 8.00. The number of nitrogens with zero attached hydrogens (tertiary/aromatic N) is 5. The van der Waals surface area contributed by atoms with Gasteiger partial charge in [-0.2, -0.15) is 0 Å². The summed E-state index contributed by atoms with van der Waals surface area (Å²) in [6.45, 7) is 9.60. The monoisotopic (exact) mass is 807 g/mol. The summed E-state index contributed by atoms with van der Waals surface area (Å²) < 4.78 is 0. The smallest absolute Gasteiger partial charge is 0.657 e. The molecule has 0 unspecified atom stereocenters. The summed E-state index contributed by atoms with van der Waals surface area (Å²) in [6, 6.07) is 49.0. The first-order valence-electron chi connectivity index (χ1n) is 20.0. The van der Waals surface area contributed by atoms with E-state index in [4.69, 9.17) is 19.9 Å². The van der Waals surface area contributed by atoms with Crippen LogP contribution in [0.2, 0.25) is 0 Å². The normalized spacial score (nSPS) is 11.8. The van der Waals surface area contributed by atoms with Crippen LogP contribution in [0.25, 0.3) is 90.9 Å². The molecule has 0 spiro atoms. The Morgan fingerprint density at radius 3 is 1.08 bits per heavy atom. The molecule has 7 aromatic rings. The average molecular weight is 809 g/mol. The maximum Gasteiger partial charge on any atom is 2.00 e. The van der Waals surface area contributed by atoms with Crippen molar-refractivity contribution in [2.75, 3.05) is 6.54 Å². The molecular formula is C53H43N5Ni. The zero-order valence-electron chi connectivity index (χ0n) is 33.5. The van der Waals surface area contributed by atoms with Gasteiger partial charge in [0.15, 0.2) is 0 Å². The predicted molar refractivity (Wildman–Crippen MR) is 242 cm³/mol. The first-order chi connectivity index (χ1) is 28.4. The number of aromatic nitrogens is 4. The SMILES string of the molecule is CC(C)N(CC#Cc1ccc(-c2c3nc(c(-c4ccccc4)c4ccc([n-]4)c(-c4ccccc4)c4nc(c(-c5ccccc5)c5ccc2[n-]5)C=C4)C=C3)cc1)C(C)C.[Ni+2]. The first kappa shape index (κ1) is 39.3. The second-order valence-electron chi connectivity index (χ2n) is 15.2. The van der Waals surface area contributed by atoms with E-state index in [9.17, 15) is 0 Å². The Hall–Kier alpha value is -6.51. The van der Waals surface area contributed by atoms with Gasteiger partial charge in [0, 0.05) is 17.6 Å². The Morgan fingerprint density at radius 2 is 0.763 bits per heavy atom. The summed E-state index contributed by atoms with van der Waals surface area (Å²) in [4.78, 5) is 23.9. The quantitative estimate of drug-likeness (QED) is 0.119. The van der Waals surface area contributed by atoms with Gasteiger partial charge in [-0.25, -0.2) is 9.97 Å². The molecule has 5 nitrogen and oxygen atoms in total. The van der Waals surface area contributed by atoms with Gasteiger partial charge in [-0.05, 0) is 109 Å². The maximum absolute atomic E-state index is 5.40. The van der Waals surface area contributed by atoms with Crippen molar-refractivity contribution in [1.82, 2.24) is 24.8 Å². The average Bonchev–Trinajstić information content (AvgIpc) is 4.09. The van der Waals surface area contributed by atoms with E-state index in [1.807, 2.05) is 18.2 Å². The molecule has 8 bridgehead atoms. The minimum atomic E-state index is 0. The number of rotatable bonds is 7. The molecule has 0 N–H and O–H groups in total. The molecule has 9 rings (SSSR count). The van der Waals surface area contributed by atoms with Crippen LogP contribution >= 0.6 is 0 Å². The molecule has 2 aliphatic heterocycles. The number of hydrogen-bond acceptors (Lipinski definition) is 3. The van der Waals surface area contributed by atoms with E-state index in [-0.39, 0.29) is 16.5 Å². The fraction of sp³-hybridized carbons (Fsp3) is 0.132. The van der Waals surface area contributed by atoms with Crippen molar-refractivity contribution in [2.45, 2.75) is 39.8 Å². The number of hydrogen-bond donors (Lipinski definition) is 0. The molecule has 0 amide bonds. The van der Waals surface area contributed by atoms with Crippen molar-refractivity contribution in [2.24, 2.45) is 0 Å². The van der Waals surface area contributed by atoms with E-state index >= 15 is 0 Å². The van der Waals surface area contributed by atoms with Gasteiger partial charge < -0.3 is 9.97 Å². The van der Waals surface area contributed by atoms with Gasteiger partial charge in [-0.1, -0.05) is 139 Å². The topological polar surface area (TPSA) is 57.2 Å². The molecule has 0 saturated carbocycles. The van der Waals surface area contributed by atoms with E-state index in [1.54, 1.807) is 0 Å². The summed E-state index contributed by atoms with van der Waals surface area (Å²) in [5.74, 6) is 6.82. The molecule has 3 aromatic heterocycles. The van der Waals surface area contributed by atoms with Crippen molar-refractivity contribution in [3.05, 3.63) is 168 Å². The minimum absolute atomic E-state index is 0. The molecule has 2 aliphatic rings. The Morgan fingerprint density at radius 1 is 0.441 bits per heavy atom. The zero-order chi connectivity index (χ0) is 39.6. The molecule has 0 aliphatic carbocycles. The van der Waals surface area contributed by atoms with Crippen molar-refractivity contribution >= 4 is 46.4 Å². The van der Waals surface area contributed by atoms with E-state index in [1.165, 1.54) is 0 Å². The van der Waals surface area contributed by atoms with Gasteiger partial charge >= 0.3 is 16.5 Å². The molecule has 4 aromatic carbocycles. The van der Waals surface area contributed by atoms with Gasteiger partial charge in [-0.3, -0.25) is 4.90 Å². The van der Waals surface area contributed by atoms with Crippen molar-refractivity contribution in [3.8, 4) is 56.3 Å². The third-order valence-corrected chi connectivity index (χ3v) is 10.8. The van der Waals surface area contributed by atoms with Crippen LogP contribution in [-0.4, -0.2) is 33.5 Å². The summed E-state index contributed by atoms with van der Waals surface area (Å²) >= 11 is 0. The molecule has 0 atom stereocenters. The van der Waals surface area contributed by atoms with Crippen molar-refractivity contribution < 1.29 is 16.5 Å². The summed E-state index contributed by atoms with van der Waals surface area (Å²) in [5.41, 5.74) is 15.7. The summed E-state index contributed by atoms with van der Waals surface area (Å²) in [6.07, 6.45) is 8.43. The first-order valence-corrected chi connectivity index (χ1v) is 20.0. The Bertz CT molecular complexity index is 2860. The van der Waals surface area contributed by atoms with Crippen molar-refractivity contribution in [3.63, 3.8) is 0 Å². The van der Waals surface area contributed by atoms with E-state index in [2.05, 4.69) is 190 Å². The van der Waals surface area contributed by atoms with Gasteiger partial charge in [0.25, 0.3) is 0 Å². The van der Waals surface area contributed by atoms with E-state index in [0.29, 0.717) is 12.1 Å². The molecule has 6 heteroatoms. The predicted octanol–water partition coefficient (Wildman–Crippen LogP) is 12.0. The fourth-order valence-corrected chi connectivity index (χ4v) is 8.00. The van der Waals surface area contributed by atoms with Crippen LogP contribution in [0.1, 0.15) is 56.0 Å². The van der Waals surface area contributed by atoms with Crippen LogP contribution in [0.15, 0.2) is 140 Å². The van der Waals surface area contributed by atoms with E-state index < -0.39 is 0 Å². The van der Waals surface area contributed by atoms with Crippen LogP contribution in [0.3, 0.4) is 0 Å². The molecule has 0 radical (unpaired) electrons. The van der Waals surface area contributed by atoms with E-state index in [0.717, 1.165) is 101 Å².